The Bertz CT molecular complexity index is 432. The summed E-state index contributed by atoms with van der Waals surface area (Å²) in [6, 6.07) is -0.719. The average molecular weight is 272 g/mol. The number of hydrogen-bond donors (Lipinski definition) is 3. The van der Waals surface area contributed by atoms with Crippen molar-refractivity contribution in [3.05, 3.63) is 12.2 Å². The normalized spacial score (nSPS) is 9.89. The summed E-state index contributed by atoms with van der Waals surface area (Å²) < 4.78 is 9.19. The Hall–Kier alpha value is -2.49. The minimum absolute atomic E-state index is 0.206. The fraction of sp³-hybridized carbons (Fsp3) is 0.444. The molecule has 0 atom stereocenters. The molecule has 0 saturated carbocycles. The molecular weight excluding hydrogens is 260 g/mol. The van der Waals surface area contributed by atoms with Crippen LogP contribution in [0, 0.1) is 0 Å². The van der Waals surface area contributed by atoms with Crippen LogP contribution in [0.25, 0.3) is 0 Å². The lowest BCUT2D eigenvalue weighted by Gasteiger charge is -2.05. The van der Waals surface area contributed by atoms with Crippen molar-refractivity contribution in [1.29, 1.82) is 0 Å². The maximum Gasteiger partial charge on any atom is 0.329 e. The molecular formula is C9H12N4O6. The number of urea groups is 1. The predicted octanol–water partition coefficient (Wildman–Crippen LogP) is -1.46. The van der Waals surface area contributed by atoms with Crippen LogP contribution >= 0.6 is 0 Å². The van der Waals surface area contributed by atoms with Gasteiger partial charge in [-0.1, -0.05) is 5.16 Å². The molecule has 3 amide bonds. The Morgan fingerprint density at radius 1 is 1.37 bits per heavy atom. The highest BCUT2D eigenvalue weighted by Gasteiger charge is 2.08. The fourth-order valence-corrected chi connectivity index (χ4v) is 1.03. The van der Waals surface area contributed by atoms with E-state index >= 15 is 0 Å². The van der Waals surface area contributed by atoms with Gasteiger partial charge in [-0.25, -0.2) is 9.59 Å². The van der Waals surface area contributed by atoms with E-state index in [0.717, 1.165) is 0 Å². The van der Waals surface area contributed by atoms with Gasteiger partial charge >= 0.3 is 12.0 Å². The monoisotopic (exact) mass is 272 g/mol. The van der Waals surface area contributed by atoms with E-state index in [0.29, 0.717) is 12.3 Å². The third-order valence-corrected chi connectivity index (χ3v) is 1.74. The molecule has 1 heterocycles. The summed E-state index contributed by atoms with van der Waals surface area (Å²) in [5.41, 5.74) is 0. The summed E-state index contributed by atoms with van der Waals surface area (Å²) in [7, 11) is 0. The summed E-state index contributed by atoms with van der Waals surface area (Å²) in [6.45, 7) is -0.910. The van der Waals surface area contributed by atoms with Crippen molar-refractivity contribution in [3.63, 3.8) is 0 Å². The molecule has 19 heavy (non-hydrogen) atoms. The van der Waals surface area contributed by atoms with E-state index < -0.39 is 31.1 Å². The topological polar surface area (TPSA) is 144 Å². The lowest BCUT2D eigenvalue weighted by Crippen LogP contribution is -2.42. The van der Waals surface area contributed by atoms with Gasteiger partial charge in [-0.15, -0.1) is 0 Å². The zero-order valence-electron chi connectivity index (χ0n) is 9.79. The zero-order valence-corrected chi connectivity index (χ0v) is 9.79. The zero-order chi connectivity index (χ0) is 14.1. The average Bonchev–Trinajstić information content (AvgIpc) is 2.81. The Labute approximate surface area is 107 Å². The molecule has 0 bridgehead atoms. The van der Waals surface area contributed by atoms with Crippen LogP contribution in [0.1, 0.15) is 5.89 Å². The van der Waals surface area contributed by atoms with Crippen LogP contribution in [0.4, 0.5) is 4.79 Å². The number of carboxylic acids is 1. The second kappa shape index (κ2) is 7.76. The first-order valence-corrected chi connectivity index (χ1v) is 5.20. The quantitative estimate of drug-likeness (QED) is 0.546. The molecule has 0 aliphatic heterocycles. The number of rotatable bonds is 7. The molecule has 0 radical (unpaired) electrons. The van der Waals surface area contributed by atoms with Crippen molar-refractivity contribution in [2.24, 2.45) is 0 Å². The third kappa shape index (κ3) is 6.73. The van der Waals surface area contributed by atoms with Crippen molar-refractivity contribution in [2.45, 2.75) is 6.42 Å². The number of carbonyl (C=O) groups excluding carboxylic acids is 2. The number of amides is 3. The first-order valence-electron chi connectivity index (χ1n) is 5.20. The van der Waals surface area contributed by atoms with Gasteiger partial charge in [0, 0.05) is 13.0 Å². The SMILES string of the molecule is O=C(O)COCC(=O)NC(=O)NCCc1ncno1. The van der Waals surface area contributed by atoms with Gasteiger partial charge in [0.2, 0.25) is 5.89 Å². The van der Waals surface area contributed by atoms with Crippen molar-refractivity contribution in [2.75, 3.05) is 19.8 Å². The summed E-state index contributed by atoms with van der Waals surface area (Å²) in [5.74, 6) is -1.58. The number of nitrogens with one attached hydrogen (secondary N) is 2. The highest BCUT2D eigenvalue weighted by Crippen LogP contribution is 1.90. The van der Waals surface area contributed by atoms with Crippen LogP contribution in [0.2, 0.25) is 0 Å². The highest BCUT2D eigenvalue weighted by atomic mass is 16.5. The maximum absolute atomic E-state index is 11.2. The lowest BCUT2D eigenvalue weighted by atomic mass is 10.4. The highest BCUT2D eigenvalue weighted by molar-refractivity contribution is 5.94. The Balaban J connectivity index is 2.09. The number of aromatic nitrogens is 2. The summed E-state index contributed by atoms with van der Waals surface area (Å²) >= 11 is 0. The summed E-state index contributed by atoms with van der Waals surface area (Å²) in [6.07, 6.45) is 1.57. The van der Waals surface area contributed by atoms with Crippen LogP contribution < -0.4 is 10.6 Å². The molecule has 1 aromatic heterocycles. The smallest absolute Gasteiger partial charge is 0.329 e. The molecule has 0 saturated heterocycles. The molecule has 0 fully saturated rings. The minimum atomic E-state index is -1.20. The largest absolute Gasteiger partial charge is 0.480 e. The number of carboxylic acid groups (broad SMARTS) is 1. The Kier molecular flexibility index (Phi) is 5.95. The van der Waals surface area contributed by atoms with Crippen LogP contribution in [-0.2, 0) is 20.7 Å². The minimum Gasteiger partial charge on any atom is -0.480 e. The van der Waals surface area contributed by atoms with Crippen molar-refractivity contribution in [1.82, 2.24) is 20.8 Å². The molecule has 10 nitrogen and oxygen atoms in total. The van der Waals surface area contributed by atoms with E-state index in [2.05, 4.69) is 20.2 Å². The molecule has 104 valence electrons. The Morgan fingerprint density at radius 2 is 2.16 bits per heavy atom. The van der Waals surface area contributed by atoms with Crippen LogP contribution in [0.15, 0.2) is 10.9 Å². The van der Waals surface area contributed by atoms with E-state index in [-0.39, 0.29) is 6.54 Å². The van der Waals surface area contributed by atoms with Crippen molar-refractivity contribution in [3.8, 4) is 0 Å². The number of imide groups is 1. The Morgan fingerprint density at radius 3 is 2.79 bits per heavy atom. The lowest BCUT2D eigenvalue weighted by molar-refractivity contribution is -0.143. The van der Waals surface area contributed by atoms with Crippen LogP contribution in [-0.4, -0.2) is 52.9 Å². The molecule has 3 N–H and O–H groups in total. The molecule has 0 unspecified atom stereocenters. The molecule has 0 aromatic carbocycles. The number of hydrogen-bond acceptors (Lipinski definition) is 7. The molecule has 0 aliphatic carbocycles. The standard InChI is InChI=1S/C9H12N4O6/c14-6(3-18-4-8(15)16)13-9(17)10-2-1-7-11-5-12-19-7/h5H,1-4H2,(H,15,16)(H2,10,13,14,17). The number of aliphatic carboxylic acids is 1. The second-order valence-corrected chi connectivity index (χ2v) is 3.28. The first kappa shape index (κ1) is 14.6. The van der Waals surface area contributed by atoms with Crippen molar-refractivity contribution >= 4 is 17.9 Å². The van der Waals surface area contributed by atoms with Crippen molar-refractivity contribution < 1.29 is 28.8 Å². The van der Waals surface area contributed by atoms with E-state index in [4.69, 9.17) is 9.63 Å². The van der Waals surface area contributed by atoms with Gasteiger partial charge < -0.3 is 19.7 Å². The van der Waals surface area contributed by atoms with Gasteiger partial charge in [-0.2, -0.15) is 4.98 Å². The summed E-state index contributed by atoms with van der Waals surface area (Å²) in [5, 5.41) is 16.0. The van der Waals surface area contributed by atoms with E-state index in [1.54, 1.807) is 0 Å². The molecule has 0 aliphatic rings. The van der Waals surface area contributed by atoms with Gasteiger partial charge in [-0.05, 0) is 0 Å². The molecule has 1 rings (SSSR count). The van der Waals surface area contributed by atoms with Crippen LogP contribution in [0.5, 0.6) is 0 Å². The van der Waals surface area contributed by atoms with Gasteiger partial charge in [0.05, 0.1) is 0 Å². The van der Waals surface area contributed by atoms with Gasteiger partial charge in [-0.3, -0.25) is 10.1 Å². The predicted molar refractivity (Wildman–Crippen MR) is 58.0 cm³/mol. The van der Waals surface area contributed by atoms with E-state index in [1.807, 2.05) is 5.32 Å². The van der Waals surface area contributed by atoms with E-state index in [1.165, 1.54) is 6.33 Å². The van der Waals surface area contributed by atoms with Gasteiger partial charge in [0.25, 0.3) is 5.91 Å². The molecule has 10 heteroatoms. The molecule has 1 aromatic rings. The third-order valence-electron chi connectivity index (χ3n) is 1.74. The van der Waals surface area contributed by atoms with Crippen LogP contribution in [0.3, 0.4) is 0 Å². The fourth-order valence-electron chi connectivity index (χ4n) is 1.03. The van der Waals surface area contributed by atoms with Gasteiger partial charge in [0.15, 0.2) is 6.33 Å². The van der Waals surface area contributed by atoms with E-state index in [9.17, 15) is 14.4 Å². The second-order valence-electron chi connectivity index (χ2n) is 3.28. The number of nitrogens with zero attached hydrogens (tertiary/aromatic N) is 2. The van der Waals surface area contributed by atoms with Gasteiger partial charge in [0.1, 0.15) is 13.2 Å². The number of ether oxygens (including phenoxy) is 1. The summed E-state index contributed by atoms with van der Waals surface area (Å²) in [4.78, 5) is 36.1. The number of carbonyl (C=O) groups is 3. The first-order chi connectivity index (χ1) is 9.08. The molecule has 0 spiro atoms. The maximum atomic E-state index is 11.2.